The van der Waals surface area contributed by atoms with Gasteiger partial charge in [-0.2, -0.15) is 4.31 Å². The van der Waals surface area contributed by atoms with Gasteiger partial charge in [0.25, 0.3) is 0 Å². The summed E-state index contributed by atoms with van der Waals surface area (Å²) in [5, 5.41) is 1.05. The molecule has 1 aliphatic heterocycles. The van der Waals surface area contributed by atoms with Gasteiger partial charge in [-0.3, -0.25) is 0 Å². The number of aromatic nitrogens is 2. The van der Waals surface area contributed by atoms with E-state index in [1.54, 1.807) is 46.2 Å². The first kappa shape index (κ1) is 16.4. The minimum Gasteiger partial charge on any atom is -0.353 e. The molecule has 0 atom stereocenters. The molecule has 0 saturated carbocycles. The highest BCUT2D eigenvalue weighted by atomic mass is 32.2. The smallest absolute Gasteiger partial charge is 0.243 e. The number of piperazine rings is 1. The van der Waals surface area contributed by atoms with Gasteiger partial charge in [-0.1, -0.05) is 18.2 Å². The fourth-order valence-electron chi connectivity index (χ4n) is 3.10. The van der Waals surface area contributed by atoms with E-state index in [1.165, 1.54) is 4.88 Å². The summed E-state index contributed by atoms with van der Waals surface area (Å²) in [6.07, 6.45) is 1.58. The Balaban J connectivity index is 1.55. The van der Waals surface area contributed by atoms with Crippen LogP contribution in [0.15, 0.2) is 47.6 Å². The van der Waals surface area contributed by atoms with Gasteiger partial charge < -0.3 is 4.90 Å². The molecule has 3 aromatic rings. The molecular formula is C17H18N4O2S2. The van der Waals surface area contributed by atoms with Gasteiger partial charge in [-0.25, -0.2) is 18.4 Å². The van der Waals surface area contributed by atoms with E-state index in [1.807, 2.05) is 6.07 Å². The van der Waals surface area contributed by atoms with Crippen LogP contribution in [0, 0.1) is 6.92 Å². The zero-order valence-corrected chi connectivity index (χ0v) is 15.4. The summed E-state index contributed by atoms with van der Waals surface area (Å²) in [5.41, 5.74) is 0. The summed E-state index contributed by atoms with van der Waals surface area (Å²) >= 11 is 1.65. The van der Waals surface area contributed by atoms with Crippen molar-refractivity contribution >= 4 is 37.4 Å². The van der Waals surface area contributed by atoms with Crippen LogP contribution in [0.1, 0.15) is 4.88 Å². The lowest BCUT2D eigenvalue weighted by Crippen LogP contribution is -2.49. The molecule has 0 spiro atoms. The molecule has 1 aromatic carbocycles. The predicted octanol–water partition coefficient (Wildman–Crippen LogP) is 2.51. The van der Waals surface area contributed by atoms with Crippen LogP contribution in [-0.2, 0) is 10.0 Å². The van der Waals surface area contributed by atoms with Crippen molar-refractivity contribution in [3.63, 3.8) is 0 Å². The number of fused-ring (bicyclic) bond motifs is 1. The van der Waals surface area contributed by atoms with Gasteiger partial charge in [-0.15, -0.1) is 11.3 Å². The number of rotatable bonds is 3. The fourth-order valence-corrected chi connectivity index (χ4v) is 5.38. The number of benzene rings is 1. The SMILES string of the molecule is Cc1cc2c(N3CCN(S(=O)(=O)c4ccccc4)CC3)ncnc2s1. The molecule has 130 valence electrons. The van der Waals surface area contributed by atoms with Crippen LogP contribution in [0.4, 0.5) is 5.82 Å². The lowest BCUT2D eigenvalue weighted by Gasteiger charge is -2.34. The van der Waals surface area contributed by atoms with Crippen molar-refractivity contribution in [2.75, 3.05) is 31.1 Å². The highest BCUT2D eigenvalue weighted by molar-refractivity contribution is 7.89. The number of anilines is 1. The molecule has 1 aliphatic rings. The van der Waals surface area contributed by atoms with Gasteiger partial charge in [0.2, 0.25) is 10.0 Å². The number of hydrogen-bond acceptors (Lipinski definition) is 6. The van der Waals surface area contributed by atoms with Crippen molar-refractivity contribution in [2.45, 2.75) is 11.8 Å². The summed E-state index contributed by atoms with van der Waals surface area (Å²) in [7, 11) is -3.43. The summed E-state index contributed by atoms with van der Waals surface area (Å²) in [6.45, 7) is 4.19. The Bertz CT molecular complexity index is 994. The van der Waals surface area contributed by atoms with Crippen molar-refractivity contribution in [3.05, 3.63) is 47.6 Å². The Hall–Kier alpha value is -2.03. The molecule has 6 nitrogen and oxygen atoms in total. The Morgan fingerprint density at radius 1 is 1.04 bits per heavy atom. The highest BCUT2D eigenvalue weighted by Crippen LogP contribution is 2.30. The Morgan fingerprint density at radius 2 is 1.76 bits per heavy atom. The molecular weight excluding hydrogens is 356 g/mol. The topological polar surface area (TPSA) is 66.4 Å². The van der Waals surface area contributed by atoms with Crippen LogP contribution in [0.2, 0.25) is 0 Å². The zero-order valence-electron chi connectivity index (χ0n) is 13.8. The van der Waals surface area contributed by atoms with Crippen molar-refractivity contribution in [3.8, 4) is 0 Å². The van der Waals surface area contributed by atoms with Crippen LogP contribution in [0.5, 0.6) is 0 Å². The Kier molecular flexibility index (Phi) is 4.18. The summed E-state index contributed by atoms with van der Waals surface area (Å²) in [5.74, 6) is 0.895. The normalized spacial score (nSPS) is 16.4. The molecule has 3 heterocycles. The summed E-state index contributed by atoms with van der Waals surface area (Å²) < 4.78 is 27.0. The minimum atomic E-state index is -3.43. The Labute approximate surface area is 150 Å². The molecule has 1 fully saturated rings. The van der Waals surface area contributed by atoms with E-state index in [4.69, 9.17) is 0 Å². The number of hydrogen-bond donors (Lipinski definition) is 0. The van der Waals surface area contributed by atoms with E-state index in [-0.39, 0.29) is 0 Å². The van der Waals surface area contributed by atoms with Crippen LogP contribution in [-0.4, -0.2) is 48.9 Å². The molecule has 0 amide bonds. The number of thiophene rings is 1. The van der Waals surface area contributed by atoms with E-state index in [0.29, 0.717) is 31.1 Å². The first-order chi connectivity index (χ1) is 12.1. The minimum absolute atomic E-state index is 0.348. The number of nitrogens with zero attached hydrogens (tertiary/aromatic N) is 4. The van der Waals surface area contributed by atoms with Gasteiger partial charge in [0.15, 0.2) is 0 Å². The van der Waals surface area contributed by atoms with Gasteiger partial charge >= 0.3 is 0 Å². The van der Waals surface area contributed by atoms with E-state index in [2.05, 4.69) is 27.9 Å². The maximum absolute atomic E-state index is 12.7. The fraction of sp³-hybridized carbons (Fsp3) is 0.294. The van der Waals surface area contributed by atoms with Crippen molar-refractivity contribution in [1.82, 2.24) is 14.3 Å². The molecule has 4 rings (SSSR count). The summed E-state index contributed by atoms with van der Waals surface area (Å²) in [6, 6.07) is 10.7. The van der Waals surface area contributed by atoms with Gasteiger partial charge in [0.1, 0.15) is 17.0 Å². The second kappa shape index (κ2) is 6.36. The van der Waals surface area contributed by atoms with E-state index in [9.17, 15) is 8.42 Å². The average molecular weight is 374 g/mol. The van der Waals surface area contributed by atoms with Gasteiger partial charge in [0, 0.05) is 31.1 Å². The lowest BCUT2D eigenvalue weighted by atomic mass is 10.3. The van der Waals surface area contributed by atoms with Crippen molar-refractivity contribution in [2.24, 2.45) is 0 Å². The lowest BCUT2D eigenvalue weighted by molar-refractivity contribution is 0.384. The molecule has 0 bridgehead atoms. The Morgan fingerprint density at radius 3 is 2.48 bits per heavy atom. The summed E-state index contributed by atoms with van der Waals surface area (Å²) in [4.78, 5) is 13.4. The van der Waals surface area contributed by atoms with E-state index in [0.717, 1.165) is 16.0 Å². The molecule has 0 unspecified atom stereocenters. The molecule has 2 aromatic heterocycles. The maximum Gasteiger partial charge on any atom is 0.243 e. The van der Waals surface area contributed by atoms with Crippen molar-refractivity contribution < 1.29 is 8.42 Å². The molecule has 0 N–H and O–H groups in total. The third-order valence-electron chi connectivity index (χ3n) is 4.35. The molecule has 8 heteroatoms. The number of aryl methyl sites for hydroxylation is 1. The van der Waals surface area contributed by atoms with E-state index < -0.39 is 10.0 Å². The largest absolute Gasteiger partial charge is 0.353 e. The molecule has 0 aliphatic carbocycles. The number of sulfonamides is 1. The predicted molar refractivity (Wildman–Crippen MR) is 99.6 cm³/mol. The second-order valence-corrected chi connectivity index (χ2v) is 9.15. The average Bonchev–Trinajstić information content (AvgIpc) is 3.02. The van der Waals surface area contributed by atoms with E-state index >= 15 is 0 Å². The third kappa shape index (κ3) is 3.01. The van der Waals surface area contributed by atoms with Gasteiger partial charge in [0.05, 0.1) is 10.3 Å². The van der Waals surface area contributed by atoms with Crippen LogP contribution in [0.3, 0.4) is 0 Å². The quantitative estimate of drug-likeness (QED) is 0.705. The molecule has 1 saturated heterocycles. The third-order valence-corrected chi connectivity index (χ3v) is 7.22. The monoisotopic (exact) mass is 374 g/mol. The zero-order chi connectivity index (χ0) is 17.4. The van der Waals surface area contributed by atoms with Gasteiger partial charge in [-0.05, 0) is 25.1 Å². The first-order valence-electron chi connectivity index (χ1n) is 8.07. The second-order valence-electron chi connectivity index (χ2n) is 5.98. The maximum atomic E-state index is 12.7. The van der Waals surface area contributed by atoms with Crippen molar-refractivity contribution in [1.29, 1.82) is 0 Å². The van der Waals surface area contributed by atoms with Crippen LogP contribution < -0.4 is 4.90 Å². The molecule has 0 radical (unpaired) electrons. The highest BCUT2D eigenvalue weighted by Gasteiger charge is 2.29. The van der Waals surface area contributed by atoms with Crippen LogP contribution in [0.25, 0.3) is 10.2 Å². The first-order valence-corrected chi connectivity index (χ1v) is 10.3. The molecule has 25 heavy (non-hydrogen) atoms. The van der Waals surface area contributed by atoms with Crippen LogP contribution >= 0.6 is 11.3 Å². The standard InChI is InChI=1S/C17H18N4O2S2/c1-13-11-15-16(18-12-19-17(15)24-13)20-7-9-21(10-8-20)25(22,23)14-5-3-2-4-6-14/h2-6,11-12H,7-10H2,1H3.